The zero-order valence-corrected chi connectivity index (χ0v) is 21.3. The third-order valence-electron chi connectivity index (χ3n) is 5.85. The molecule has 3 aromatic rings. The van der Waals surface area contributed by atoms with Crippen molar-refractivity contribution in [3.63, 3.8) is 0 Å². The number of anilines is 2. The van der Waals surface area contributed by atoms with Crippen molar-refractivity contribution in [3.8, 4) is 5.75 Å². The largest absolute Gasteiger partial charge is 0.476 e. The lowest BCUT2D eigenvalue weighted by Crippen LogP contribution is -2.49. The number of para-hydroxylation sites is 3. The molecule has 0 radical (unpaired) electrons. The molecule has 1 aliphatic heterocycles. The number of ether oxygens (including phenoxy) is 1. The molecule has 188 valence electrons. The van der Waals surface area contributed by atoms with Crippen LogP contribution in [-0.2, 0) is 14.8 Å². The molecule has 8 nitrogen and oxygen atoms in total. The van der Waals surface area contributed by atoms with Crippen LogP contribution in [0.1, 0.15) is 30.6 Å². The minimum absolute atomic E-state index is 0.0360. The maximum absolute atomic E-state index is 13.5. The molecular weight excluding hydrogens is 502 g/mol. The van der Waals surface area contributed by atoms with Gasteiger partial charge >= 0.3 is 0 Å². The van der Waals surface area contributed by atoms with Gasteiger partial charge in [-0.1, -0.05) is 42.8 Å². The highest BCUT2D eigenvalue weighted by Gasteiger charge is 2.37. The van der Waals surface area contributed by atoms with Crippen molar-refractivity contribution in [2.24, 2.45) is 0 Å². The second-order valence-corrected chi connectivity index (χ2v) is 10.7. The molecule has 0 bridgehead atoms. The molecule has 10 heteroatoms. The topological polar surface area (TPSA) is 105 Å². The number of nitrogens with zero attached hydrogens (tertiary/aromatic N) is 1. The van der Waals surface area contributed by atoms with E-state index in [1.165, 1.54) is 24.3 Å². The summed E-state index contributed by atoms with van der Waals surface area (Å²) >= 11 is 5.93. The van der Waals surface area contributed by atoms with Gasteiger partial charge in [0, 0.05) is 11.1 Å². The molecule has 0 spiro atoms. The molecule has 0 aromatic heterocycles. The van der Waals surface area contributed by atoms with Crippen molar-refractivity contribution in [1.82, 2.24) is 5.32 Å². The normalized spacial score (nSPS) is 15.9. The van der Waals surface area contributed by atoms with Crippen LogP contribution in [0.2, 0.25) is 5.02 Å². The van der Waals surface area contributed by atoms with Crippen molar-refractivity contribution in [3.05, 3.63) is 83.4 Å². The summed E-state index contributed by atoms with van der Waals surface area (Å²) in [5.74, 6) is -0.643. The molecule has 3 aromatic carbocycles. The number of halogens is 1. The first kappa shape index (κ1) is 25.5. The summed E-state index contributed by atoms with van der Waals surface area (Å²) in [5.41, 5.74) is 0.927. The van der Waals surface area contributed by atoms with Crippen LogP contribution in [-0.4, -0.2) is 38.9 Å². The molecule has 0 aliphatic carbocycles. The molecule has 0 unspecified atom stereocenters. The summed E-state index contributed by atoms with van der Waals surface area (Å²) in [4.78, 5) is 26.0. The highest BCUT2D eigenvalue weighted by molar-refractivity contribution is 7.92. The van der Waals surface area contributed by atoms with E-state index in [1.54, 1.807) is 48.5 Å². The third-order valence-corrected chi connectivity index (χ3v) is 7.89. The minimum Gasteiger partial charge on any atom is -0.476 e. The lowest BCUT2D eigenvalue weighted by Gasteiger charge is -2.34. The maximum atomic E-state index is 13.5. The molecule has 1 aliphatic rings. The highest BCUT2D eigenvalue weighted by atomic mass is 35.5. The van der Waals surface area contributed by atoms with E-state index in [1.807, 2.05) is 13.8 Å². The lowest BCUT2D eigenvalue weighted by atomic mass is 10.1. The van der Waals surface area contributed by atoms with Crippen molar-refractivity contribution in [2.45, 2.75) is 37.3 Å². The number of hydrogen-bond donors (Lipinski definition) is 2. The molecule has 4 rings (SSSR count). The van der Waals surface area contributed by atoms with E-state index in [0.717, 1.165) is 10.7 Å². The van der Waals surface area contributed by atoms with Gasteiger partial charge in [-0.2, -0.15) is 0 Å². The molecule has 0 fully saturated rings. The first-order valence-corrected chi connectivity index (χ1v) is 13.3. The molecule has 0 saturated carbocycles. The van der Waals surface area contributed by atoms with Crippen LogP contribution in [0.15, 0.2) is 77.7 Å². The Morgan fingerprint density at radius 1 is 1.06 bits per heavy atom. The van der Waals surface area contributed by atoms with Gasteiger partial charge in [-0.25, -0.2) is 8.42 Å². The predicted molar refractivity (Wildman–Crippen MR) is 139 cm³/mol. The van der Waals surface area contributed by atoms with Crippen molar-refractivity contribution >= 4 is 44.8 Å². The van der Waals surface area contributed by atoms with Crippen LogP contribution in [0, 0.1) is 0 Å². The molecule has 0 saturated heterocycles. The summed E-state index contributed by atoms with van der Waals surface area (Å²) in [5, 5.41) is 6.03. The SMILES string of the molecule is CC[C@@H](C)NC(=O)c1ccccc1NC(=O)[C@@H]1CN(S(=O)(=O)c2ccc(Cl)cc2)c2ccccc2O1. The van der Waals surface area contributed by atoms with Gasteiger partial charge in [-0.3, -0.25) is 13.9 Å². The second-order valence-electron chi connectivity index (χ2n) is 8.38. The van der Waals surface area contributed by atoms with E-state index in [4.69, 9.17) is 16.3 Å². The first-order valence-electron chi connectivity index (χ1n) is 11.5. The van der Waals surface area contributed by atoms with E-state index in [9.17, 15) is 18.0 Å². The van der Waals surface area contributed by atoms with Gasteiger partial charge in [-0.05, 0) is 61.9 Å². The Bertz CT molecular complexity index is 1380. The van der Waals surface area contributed by atoms with Crippen LogP contribution in [0.5, 0.6) is 5.75 Å². The molecule has 2 atom stereocenters. The Morgan fingerprint density at radius 3 is 2.44 bits per heavy atom. The molecule has 2 N–H and O–H groups in total. The Hall–Kier alpha value is -3.56. The highest BCUT2D eigenvalue weighted by Crippen LogP contribution is 2.37. The Kier molecular flexibility index (Phi) is 7.51. The average molecular weight is 528 g/mol. The molecule has 36 heavy (non-hydrogen) atoms. The third kappa shape index (κ3) is 5.32. The number of nitrogens with one attached hydrogen (secondary N) is 2. The number of rotatable bonds is 7. The number of carbonyl (C=O) groups is 2. The van der Waals surface area contributed by atoms with Crippen molar-refractivity contribution in [1.29, 1.82) is 0 Å². The fraction of sp³-hybridized carbons (Fsp3) is 0.231. The maximum Gasteiger partial charge on any atom is 0.267 e. The summed E-state index contributed by atoms with van der Waals surface area (Å²) in [7, 11) is -4.02. The lowest BCUT2D eigenvalue weighted by molar-refractivity contribution is -0.122. The van der Waals surface area contributed by atoms with E-state index < -0.39 is 22.0 Å². The molecule has 1 heterocycles. The standard InChI is InChI=1S/C26H26ClN3O5S/c1-3-17(2)28-25(31)20-8-4-5-9-21(20)29-26(32)24-16-30(22-10-6-7-11-23(22)35-24)36(33,34)19-14-12-18(27)13-15-19/h4-15,17,24H,3,16H2,1-2H3,(H,28,31)(H,29,32)/t17-,24+/m1/s1. The van der Waals surface area contributed by atoms with Crippen LogP contribution >= 0.6 is 11.6 Å². The van der Waals surface area contributed by atoms with Gasteiger partial charge < -0.3 is 15.4 Å². The fourth-order valence-electron chi connectivity index (χ4n) is 3.71. The number of fused-ring (bicyclic) bond motifs is 1. The fourth-order valence-corrected chi connectivity index (χ4v) is 5.31. The van der Waals surface area contributed by atoms with Gasteiger partial charge in [0.25, 0.3) is 21.8 Å². The Morgan fingerprint density at radius 2 is 1.72 bits per heavy atom. The zero-order chi connectivity index (χ0) is 25.9. The predicted octanol–water partition coefficient (Wildman–Crippen LogP) is 4.46. The van der Waals surface area contributed by atoms with Crippen molar-refractivity contribution in [2.75, 3.05) is 16.2 Å². The summed E-state index contributed by atoms with van der Waals surface area (Å²) < 4.78 is 34.1. The summed E-state index contributed by atoms with van der Waals surface area (Å²) in [6.45, 7) is 3.60. The Balaban J connectivity index is 1.62. The van der Waals surface area contributed by atoms with Gasteiger partial charge in [0.1, 0.15) is 5.75 Å². The van der Waals surface area contributed by atoms with Crippen LogP contribution in [0.25, 0.3) is 0 Å². The summed E-state index contributed by atoms with van der Waals surface area (Å²) in [6.07, 6.45) is -0.402. The summed E-state index contributed by atoms with van der Waals surface area (Å²) in [6, 6.07) is 19.0. The van der Waals surface area contributed by atoms with Crippen LogP contribution < -0.4 is 19.7 Å². The minimum atomic E-state index is -4.02. The average Bonchev–Trinajstić information content (AvgIpc) is 2.88. The smallest absolute Gasteiger partial charge is 0.267 e. The number of sulfonamides is 1. The number of amides is 2. The van der Waals surface area contributed by atoms with E-state index in [2.05, 4.69) is 10.6 Å². The van der Waals surface area contributed by atoms with Crippen molar-refractivity contribution < 1.29 is 22.7 Å². The van der Waals surface area contributed by atoms with Gasteiger partial charge in [0.15, 0.2) is 6.10 Å². The van der Waals surface area contributed by atoms with Crippen LogP contribution in [0.4, 0.5) is 11.4 Å². The van der Waals surface area contributed by atoms with E-state index in [0.29, 0.717) is 22.0 Å². The van der Waals surface area contributed by atoms with E-state index in [-0.39, 0.29) is 29.1 Å². The molecule has 2 amide bonds. The van der Waals surface area contributed by atoms with Gasteiger partial charge in [-0.15, -0.1) is 0 Å². The first-order chi connectivity index (χ1) is 17.2. The van der Waals surface area contributed by atoms with E-state index >= 15 is 0 Å². The second kappa shape index (κ2) is 10.6. The number of carbonyl (C=O) groups excluding carboxylic acids is 2. The zero-order valence-electron chi connectivity index (χ0n) is 19.8. The molecular formula is C26H26ClN3O5S. The quantitative estimate of drug-likeness (QED) is 0.472. The van der Waals surface area contributed by atoms with Crippen LogP contribution in [0.3, 0.4) is 0 Å². The van der Waals surface area contributed by atoms with Gasteiger partial charge in [0.2, 0.25) is 0 Å². The Labute approximate surface area is 215 Å². The number of hydrogen-bond acceptors (Lipinski definition) is 5. The van der Waals surface area contributed by atoms with Gasteiger partial charge in [0.05, 0.1) is 28.4 Å². The number of benzene rings is 3. The monoisotopic (exact) mass is 527 g/mol.